The normalized spacial score (nSPS) is 14.9. The van der Waals surface area contributed by atoms with Crippen LogP contribution in [-0.4, -0.2) is 53.4 Å². The number of benzene rings is 1. The van der Waals surface area contributed by atoms with Crippen LogP contribution in [0, 0.1) is 0 Å². The Morgan fingerprint density at radius 1 is 1.25 bits per heavy atom. The Morgan fingerprint density at radius 2 is 2.04 bits per heavy atom. The van der Waals surface area contributed by atoms with E-state index in [1.807, 2.05) is 11.6 Å². The van der Waals surface area contributed by atoms with Crippen molar-refractivity contribution in [2.24, 2.45) is 7.05 Å². The molecule has 0 atom stereocenters. The van der Waals surface area contributed by atoms with Gasteiger partial charge in [-0.15, -0.1) is 10.2 Å². The van der Waals surface area contributed by atoms with Crippen LogP contribution >= 0.6 is 35.0 Å². The van der Waals surface area contributed by atoms with E-state index in [4.69, 9.17) is 32.7 Å². The van der Waals surface area contributed by atoms with Gasteiger partial charge in [0.05, 0.1) is 24.8 Å². The number of rotatable bonds is 6. The number of hydrogen-bond donors (Lipinski definition) is 0. The van der Waals surface area contributed by atoms with Crippen molar-refractivity contribution in [3.63, 3.8) is 0 Å². The molecule has 0 N–H and O–H groups in total. The molecule has 1 fully saturated rings. The van der Waals surface area contributed by atoms with Crippen LogP contribution < -0.4 is 9.64 Å². The molecule has 6 nitrogen and oxygen atoms in total. The maximum atomic E-state index is 6.08. The molecule has 1 aromatic heterocycles. The van der Waals surface area contributed by atoms with Gasteiger partial charge in [0.2, 0.25) is 5.95 Å². The molecule has 2 heterocycles. The Balaban J connectivity index is 1.51. The molecule has 1 aliphatic rings. The van der Waals surface area contributed by atoms with Crippen molar-refractivity contribution in [1.29, 1.82) is 0 Å². The van der Waals surface area contributed by atoms with Crippen molar-refractivity contribution in [3.8, 4) is 5.75 Å². The lowest BCUT2D eigenvalue weighted by atomic mass is 10.3. The fraction of sp³-hybridized carbons (Fsp3) is 0.467. The highest BCUT2D eigenvalue weighted by atomic mass is 35.5. The monoisotopic (exact) mass is 388 g/mol. The minimum atomic E-state index is 0.515. The molecule has 9 heteroatoms. The fourth-order valence-electron chi connectivity index (χ4n) is 2.35. The van der Waals surface area contributed by atoms with Crippen LogP contribution in [0.5, 0.6) is 5.75 Å². The van der Waals surface area contributed by atoms with Gasteiger partial charge < -0.3 is 14.4 Å². The number of nitrogens with zero attached hydrogens (tertiary/aromatic N) is 4. The molecule has 0 bridgehead atoms. The summed E-state index contributed by atoms with van der Waals surface area (Å²) in [7, 11) is 1.98. The molecule has 0 spiro atoms. The summed E-state index contributed by atoms with van der Waals surface area (Å²) in [5, 5.41) is 10.5. The second-order valence-corrected chi connectivity index (χ2v) is 7.12. The Labute approximate surface area is 155 Å². The third kappa shape index (κ3) is 4.27. The largest absolute Gasteiger partial charge is 0.491 e. The minimum absolute atomic E-state index is 0.515. The van der Waals surface area contributed by atoms with E-state index < -0.39 is 0 Å². The molecule has 130 valence electrons. The molecule has 1 aliphatic heterocycles. The molecule has 3 rings (SSSR count). The fourth-order valence-corrected chi connectivity index (χ4v) is 3.53. The zero-order chi connectivity index (χ0) is 16.9. The summed E-state index contributed by atoms with van der Waals surface area (Å²) in [4.78, 5) is 2.19. The van der Waals surface area contributed by atoms with E-state index >= 15 is 0 Å². The van der Waals surface area contributed by atoms with E-state index in [9.17, 15) is 0 Å². The summed E-state index contributed by atoms with van der Waals surface area (Å²) < 4.78 is 13.1. The number of aromatic nitrogens is 3. The summed E-state index contributed by atoms with van der Waals surface area (Å²) >= 11 is 13.5. The molecule has 0 radical (unpaired) electrons. The van der Waals surface area contributed by atoms with Gasteiger partial charge in [-0.05, 0) is 18.2 Å². The lowest BCUT2D eigenvalue weighted by molar-refractivity contribution is 0.121. The average molecular weight is 389 g/mol. The highest BCUT2D eigenvalue weighted by Crippen LogP contribution is 2.28. The van der Waals surface area contributed by atoms with Crippen molar-refractivity contribution in [3.05, 3.63) is 28.2 Å². The second kappa shape index (κ2) is 8.29. The van der Waals surface area contributed by atoms with Crippen molar-refractivity contribution >= 4 is 40.9 Å². The van der Waals surface area contributed by atoms with Gasteiger partial charge in [0, 0.05) is 30.9 Å². The molecule has 0 unspecified atom stereocenters. The van der Waals surface area contributed by atoms with Crippen LogP contribution in [0.3, 0.4) is 0 Å². The first-order valence-electron chi connectivity index (χ1n) is 7.58. The zero-order valence-corrected chi connectivity index (χ0v) is 15.6. The Morgan fingerprint density at radius 3 is 2.79 bits per heavy atom. The van der Waals surface area contributed by atoms with E-state index in [0.29, 0.717) is 22.4 Å². The van der Waals surface area contributed by atoms with E-state index in [-0.39, 0.29) is 0 Å². The van der Waals surface area contributed by atoms with E-state index in [1.54, 1.807) is 30.0 Å². The summed E-state index contributed by atoms with van der Waals surface area (Å²) in [5.74, 6) is 2.25. The van der Waals surface area contributed by atoms with Crippen molar-refractivity contribution in [2.75, 3.05) is 43.6 Å². The van der Waals surface area contributed by atoms with Gasteiger partial charge in [0.1, 0.15) is 5.75 Å². The van der Waals surface area contributed by atoms with Gasteiger partial charge in [-0.1, -0.05) is 35.0 Å². The van der Waals surface area contributed by atoms with Gasteiger partial charge in [0.25, 0.3) is 0 Å². The average Bonchev–Trinajstić information content (AvgIpc) is 2.95. The molecule has 0 saturated carbocycles. The Bertz CT molecular complexity index is 692. The predicted molar refractivity (Wildman–Crippen MR) is 96.7 cm³/mol. The topological polar surface area (TPSA) is 52.4 Å². The standard InChI is InChI=1S/C15H18Cl2N4O2S/c1-20-14(21-4-6-22-7-5-21)18-19-15(20)24-9-8-23-13-3-2-11(16)10-12(13)17/h2-3,10H,4-9H2,1H3. The first-order valence-corrected chi connectivity index (χ1v) is 9.32. The van der Waals surface area contributed by atoms with Crippen LogP contribution in [0.15, 0.2) is 23.4 Å². The summed E-state index contributed by atoms with van der Waals surface area (Å²) in [6.07, 6.45) is 0. The van der Waals surface area contributed by atoms with Crippen LogP contribution in [0.1, 0.15) is 0 Å². The van der Waals surface area contributed by atoms with Crippen LogP contribution in [0.4, 0.5) is 5.95 Å². The zero-order valence-electron chi connectivity index (χ0n) is 13.2. The summed E-state index contributed by atoms with van der Waals surface area (Å²) in [6.45, 7) is 3.66. The van der Waals surface area contributed by atoms with Gasteiger partial charge >= 0.3 is 0 Å². The van der Waals surface area contributed by atoms with Gasteiger partial charge in [-0.3, -0.25) is 4.57 Å². The third-order valence-corrected chi connectivity index (χ3v) is 5.09. The maximum Gasteiger partial charge on any atom is 0.227 e. The molecular formula is C15H18Cl2N4O2S. The molecule has 1 saturated heterocycles. The van der Waals surface area contributed by atoms with E-state index in [1.165, 1.54) is 0 Å². The Hall–Kier alpha value is -1.15. The van der Waals surface area contributed by atoms with E-state index in [2.05, 4.69) is 15.1 Å². The number of hydrogen-bond acceptors (Lipinski definition) is 6. The van der Waals surface area contributed by atoms with E-state index in [0.717, 1.165) is 43.2 Å². The van der Waals surface area contributed by atoms with Crippen molar-refractivity contribution in [2.45, 2.75) is 5.16 Å². The first-order chi connectivity index (χ1) is 11.6. The lowest BCUT2D eigenvalue weighted by Crippen LogP contribution is -2.37. The highest BCUT2D eigenvalue weighted by Gasteiger charge is 2.18. The molecule has 0 aliphatic carbocycles. The molecule has 2 aromatic rings. The summed E-state index contributed by atoms with van der Waals surface area (Å²) in [6, 6.07) is 5.20. The van der Waals surface area contributed by atoms with Gasteiger partial charge in [-0.2, -0.15) is 0 Å². The smallest absolute Gasteiger partial charge is 0.227 e. The lowest BCUT2D eigenvalue weighted by Gasteiger charge is -2.27. The number of anilines is 1. The number of morpholine rings is 1. The SMILES string of the molecule is Cn1c(SCCOc2ccc(Cl)cc2Cl)nnc1N1CCOCC1. The minimum Gasteiger partial charge on any atom is -0.491 e. The molecule has 1 aromatic carbocycles. The summed E-state index contributed by atoms with van der Waals surface area (Å²) in [5.41, 5.74) is 0. The van der Waals surface area contributed by atoms with Gasteiger partial charge in [-0.25, -0.2) is 0 Å². The number of halogens is 2. The predicted octanol–water partition coefficient (Wildman–Crippen LogP) is 3.13. The van der Waals surface area contributed by atoms with Crippen LogP contribution in [-0.2, 0) is 11.8 Å². The quantitative estimate of drug-likeness (QED) is 0.559. The van der Waals surface area contributed by atoms with Gasteiger partial charge in [0.15, 0.2) is 5.16 Å². The number of thioether (sulfide) groups is 1. The highest BCUT2D eigenvalue weighted by molar-refractivity contribution is 7.99. The molecule has 24 heavy (non-hydrogen) atoms. The van der Waals surface area contributed by atoms with Crippen molar-refractivity contribution in [1.82, 2.24) is 14.8 Å². The van der Waals surface area contributed by atoms with Crippen molar-refractivity contribution < 1.29 is 9.47 Å². The first kappa shape index (κ1) is 17.7. The van der Waals surface area contributed by atoms with Crippen LogP contribution in [0.25, 0.3) is 0 Å². The molecular weight excluding hydrogens is 371 g/mol. The maximum absolute atomic E-state index is 6.08. The second-order valence-electron chi connectivity index (χ2n) is 5.21. The Kier molecular flexibility index (Phi) is 6.10. The van der Waals surface area contributed by atoms with Crippen LogP contribution in [0.2, 0.25) is 10.0 Å². The molecule has 0 amide bonds. The number of ether oxygens (including phenoxy) is 2. The third-order valence-electron chi connectivity index (χ3n) is 3.57.